The molecule has 1 heterocycles. The van der Waals surface area contributed by atoms with Crippen LogP contribution >= 0.6 is 11.6 Å². The molecule has 1 atom stereocenters. The molecule has 0 aliphatic rings. The molecule has 0 bridgehead atoms. The minimum absolute atomic E-state index is 0.0494. The molecule has 1 aromatic heterocycles. The number of hydrazine groups is 1. The molecule has 2 aromatic rings. The maximum absolute atomic E-state index is 6.02. The van der Waals surface area contributed by atoms with Gasteiger partial charge in [0.15, 0.2) is 0 Å². The third kappa shape index (κ3) is 4.70. The first kappa shape index (κ1) is 15.8. The van der Waals surface area contributed by atoms with Crippen molar-refractivity contribution in [2.45, 2.75) is 32.4 Å². The first-order chi connectivity index (χ1) is 10.1. The molecule has 0 aliphatic carbocycles. The van der Waals surface area contributed by atoms with Gasteiger partial charge in [0.05, 0.1) is 18.3 Å². The average Bonchev–Trinajstić information content (AvgIpc) is 2.44. The van der Waals surface area contributed by atoms with Crippen molar-refractivity contribution >= 4 is 11.6 Å². The van der Waals surface area contributed by atoms with Gasteiger partial charge in [0.25, 0.3) is 0 Å². The zero-order valence-corrected chi connectivity index (χ0v) is 13.0. The second-order valence-electron chi connectivity index (χ2n) is 5.17. The Kier molecular flexibility index (Phi) is 5.56. The van der Waals surface area contributed by atoms with E-state index < -0.39 is 0 Å². The molecule has 4 nitrogen and oxygen atoms in total. The number of benzene rings is 1. The van der Waals surface area contributed by atoms with Crippen LogP contribution in [0.1, 0.15) is 31.0 Å². The normalized spacial score (nSPS) is 12.4. The van der Waals surface area contributed by atoms with Gasteiger partial charge in [0.1, 0.15) is 5.75 Å². The standard InChI is InChI=1S/C16H20ClN3O/c1-11(2)21-15-8-13(9-19-10-15)16(20-18)7-12-4-3-5-14(17)6-12/h3-6,8-11,16,20H,7,18H2,1-2H3. The van der Waals surface area contributed by atoms with Crippen LogP contribution in [0.4, 0.5) is 0 Å². The summed E-state index contributed by atoms with van der Waals surface area (Å²) in [6.45, 7) is 3.97. The number of nitrogens with zero attached hydrogens (tertiary/aromatic N) is 1. The van der Waals surface area contributed by atoms with E-state index in [1.54, 1.807) is 12.4 Å². The summed E-state index contributed by atoms with van der Waals surface area (Å²) in [6.07, 6.45) is 4.34. The Morgan fingerprint density at radius 3 is 2.76 bits per heavy atom. The van der Waals surface area contributed by atoms with Gasteiger partial charge in [0.2, 0.25) is 0 Å². The van der Waals surface area contributed by atoms with Crippen molar-refractivity contribution < 1.29 is 4.74 Å². The predicted molar refractivity (Wildman–Crippen MR) is 85.2 cm³/mol. The summed E-state index contributed by atoms with van der Waals surface area (Å²) in [5, 5.41) is 0.721. The molecular formula is C16H20ClN3O. The van der Waals surface area contributed by atoms with Gasteiger partial charge in [-0.3, -0.25) is 16.3 Å². The van der Waals surface area contributed by atoms with Crippen molar-refractivity contribution in [1.29, 1.82) is 0 Å². The van der Waals surface area contributed by atoms with Gasteiger partial charge in [-0.15, -0.1) is 0 Å². The molecule has 21 heavy (non-hydrogen) atoms. The molecule has 3 N–H and O–H groups in total. The van der Waals surface area contributed by atoms with Gasteiger partial charge in [-0.1, -0.05) is 23.7 Å². The van der Waals surface area contributed by atoms with Crippen LogP contribution in [0.3, 0.4) is 0 Å². The van der Waals surface area contributed by atoms with Crippen LogP contribution in [0.15, 0.2) is 42.7 Å². The summed E-state index contributed by atoms with van der Waals surface area (Å²) in [5.41, 5.74) is 4.92. The zero-order valence-electron chi connectivity index (χ0n) is 12.2. The number of nitrogens with one attached hydrogen (secondary N) is 1. The number of hydrogen-bond acceptors (Lipinski definition) is 4. The molecule has 0 fully saturated rings. The van der Waals surface area contributed by atoms with Gasteiger partial charge >= 0.3 is 0 Å². The quantitative estimate of drug-likeness (QED) is 0.635. The molecule has 1 aromatic carbocycles. The smallest absolute Gasteiger partial charge is 0.138 e. The van der Waals surface area contributed by atoms with E-state index in [0.29, 0.717) is 0 Å². The maximum Gasteiger partial charge on any atom is 0.138 e. The van der Waals surface area contributed by atoms with Crippen LogP contribution in [0.2, 0.25) is 5.02 Å². The second kappa shape index (κ2) is 7.41. The minimum Gasteiger partial charge on any atom is -0.489 e. The highest BCUT2D eigenvalue weighted by molar-refractivity contribution is 6.30. The van der Waals surface area contributed by atoms with Crippen LogP contribution in [-0.2, 0) is 6.42 Å². The van der Waals surface area contributed by atoms with Crippen molar-refractivity contribution in [3.8, 4) is 5.75 Å². The summed E-state index contributed by atoms with van der Waals surface area (Å²) in [5.74, 6) is 6.43. The van der Waals surface area contributed by atoms with Crippen molar-refractivity contribution in [3.63, 3.8) is 0 Å². The van der Waals surface area contributed by atoms with Crippen LogP contribution in [0.5, 0.6) is 5.75 Å². The van der Waals surface area contributed by atoms with Gasteiger partial charge in [-0.2, -0.15) is 0 Å². The van der Waals surface area contributed by atoms with E-state index >= 15 is 0 Å². The average molecular weight is 306 g/mol. The van der Waals surface area contributed by atoms with Gasteiger partial charge in [-0.25, -0.2) is 0 Å². The molecule has 0 aliphatic heterocycles. The Labute approximate surface area is 130 Å². The van der Waals surface area contributed by atoms with Gasteiger partial charge < -0.3 is 4.74 Å². The van der Waals surface area contributed by atoms with E-state index in [-0.39, 0.29) is 12.1 Å². The highest BCUT2D eigenvalue weighted by atomic mass is 35.5. The largest absolute Gasteiger partial charge is 0.489 e. The summed E-state index contributed by atoms with van der Waals surface area (Å²) >= 11 is 6.02. The first-order valence-electron chi connectivity index (χ1n) is 6.90. The van der Waals surface area contributed by atoms with Gasteiger partial charge in [0, 0.05) is 11.2 Å². The van der Waals surface area contributed by atoms with Crippen molar-refractivity contribution in [3.05, 3.63) is 58.9 Å². The Balaban J connectivity index is 2.17. The van der Waals surface area contributed by atoms with E-state index in [2.05, 4.69) is 10.4 Å². The fourth-order valence-electron chi connectivity index (χ4n) is 2.14. The molecular weight excluding hydrogens is 286 g/mol. The zero-order chi connectivity index (χ0) is 15.2. The summed E-state index contributed by atoms with van der Waals surface area (Å²) in [7, 11) is 0. The molecule has 5 heteroatoms. The summed E-state index contributed by atoms with van der Waals surface area (Å²) < 4.78 is 5.67. The van der Waals surface area contributed by atoms with Crippen molar-refractivity contribution in [2.24, 2.45) is 5.84 Å². The summed E-state index contributed by atoms with van der Waals surface area (Å²) in [6, 6.07) is 9.66. The highest BCUT2D eigenvalue weighted by Gasteiger charge is 2.12. The van der Waals surface area contributed by atoms with E-state index in [0.717, 1.165) is 28.3 Å². The molecule has 2 rings (SSSR count). The number of ether oxygens (including phenoxy) is 1. The Morgan fingerprint density at radius 2 is 2.10 bits per heavy atom. The number of hydrogen-bond donors (Lipinski definition) is 2. The molecule has 112 valence electrons. The van der Waals surface area contributed by atoms with E-state index in [1.165, 1.54) is 0 Å². The van der Waals surface area contributed by atoms with E-state index in [9.17, 15) is 0 Å². The fourth-order valence-corrected chi connectivity index (χ4v) is 2.35. The first-order valence-corrected chi connectivity index (χ1v) is 7.28. The lowest BCUT2D eigenvalue weighted by Gasteiger charge is -2.18. The minimum atomic E-state index is -0.0494. The molecule has 0 saturated heterocycles. The number of nitrogens with two attached hydrogens (primary N) is 1. The van der Waals surface area contributed by atoms with Crippen molar-refractivity contribution in [1.82, 2.24) is 10.4 Å². The number of pyridine rings is 1. The Bertz CT molecular complexity index is 589. The molecule has 1 unspecified atom stereocenters. The van der Waals surface area contributed by atoms with Crippen molar-refractivity contribution in [2.75, 3.05) is 0 Å². The lowest BCUT2D eigenvalue weighted by molar-refractivity contribution is 0.241. The van der Waals surface area contributed by atoms with Crippen LogP contribution < -0.4 is 16.0 Å². The fraction of sp³-hybridized carbons (Fsp3) is 0.312. The molecule has 0 radical (unpaired) electrons. The highest BCUT2D eigenvalue weighted by Crippen LogP contribution is 2.22. The monoisotopic (exact) mass is 305 g/mol. The lowest BCUT2D eigenvalue weighted by atomic mass is 10.0. The second-order valence-corrected chi connectivity index (χ2v) is 5.61. The number of rotatable bonds is 6. The third-order valence-corrected chi connectivity index (χ3v) is 3.27. The molecule has 0 amide bonds. The maximum atomic E-state index is 6.02. The van der Waals surface area contributed by atoms with Gasteiger partial charge in [-0.05, 0) is 49.6 Å². The van der Waals surface area contributed by atoms with Crippen LogP contribution in [-0.4, -0.2) is 11.1 Å². The topological polar surface area (TPSA) is 60.2 Å². The van der Waals surface area contributed by atoms with Crippen LogP contribution in [0.25, 0.3) is 0 Å². The van der Waals surface area contributed by atoms with E-state index in [1.807, 2.05) is 44.2 Å². The SMILES string of the molecule is CC(C)Oc1cncc(C(Cc2cccc(Cl)c2)NN)c1. The van der Waals surface area contributed by atoms with Crippen LogP contribution in [0, 0.1) is 0 Å². The lowest BCUT2D eigenvalue weighted by Crippen LogP contribution is -2.29. The summed E-state index contributed by atoms with van der Waals surface area (Å²) in [4.78, 5) is 4.22. The molecule has 0 spiro atoms. The predicted octanol–water partition coefficient (Wildman–Crippen LogP) is 3.27. The van der Waals surface area contributed by atoms with E-state index in [4.69, 9.17) is 22.2 Å². The Morgan fingerprint density at radius 1 is 1.29 bits per heavy atom. The third-order valence-electron chi connectivity index (χ3n) is 3.04. The number of aromatic nitrogens is 1. The number of halogens is 1. The Hall–Kier alpha value is -1.62. The molecule has 0 saturated carbocycles.